The van der Waals surface area contributed by atoms with Gasteiger partial charge in [0, 0.05) is 55.1 Å². The first kappa shape index (κ1) is 23.5. The molecule has 1 unspecified atom stereocenters. The Balaban J connectivity index is 1.51. The lowest BCUT2D eigenvalue weighted by molar-refractivity contribution is 0.101. The summed E-state index contributed by atoms with van der Waals surface area (Å²) in [6.45, 7) is 8.64. The average Bonchev–Trinajstić information content (AvgIpc) is 3.52. The molecule has 1 aliphatic heterocycles. The topological polar surface area (TPSA) is 83.0 Å². The van der Waals surface area contributed by atoms with Crippen molar-refractivity contribution < 1.29 is 0 Å². The van der Waals surface area contributed by atoms with E-state index in [9.17, 15) is 4.79 Å². The summed E-state index contributed by atoms with van der Waals surface area (Å²) >= 11 is 1.50. The maximum Gasteiger partial charge on any atom is 0.252 e. The van der Waals surface area contributed by atoms with Crippen molar-refractivity contribution in [3.8, 4) is 6.07 Å². The number of nitriles is 1. The molecule has 3 aromatic heterocycles. The van der Waals surface area contributed by atoms with Crippen LogP contribution in [0.3, 0.4) is 0 Å². The molecule has 0 radical (unpaired) electrons. The van der Waals surface area contributed by atoms with Gasteiger partial charge in [0.05, 0.1) is 29.0 Å². The van der Waals surface area contributed by atoms with Gasteiger partial charge in [0.1, 0.15) is 12.1 Å². The smallest absolute Gasteiger partial charge is 0.252 e. The molecule has 5 rings (SSSR count). The van der Waals surface area contributed by atoms with Crippen molar-refractivity contribution in [1.29, 1.82) is 5.26 Å². The maximum atomic E-state index is 12.9. The summed E-state index contributed by atoms with van der Waals surface area (Å²) in [5.74, 6) is 0. The zero-order valence-electron chi connectivity index (χ0n) is 20.7. The molecule has 4 heterocycles. The third-order valence-corrected chi connectivity index (χ3v) is 8.18. The van der Waals surface area contributed by atoms with Crippen molar-refractivity contribution in [2.24, 2.45) is 7.05 Å². The van der Waals surface area contributed by atoms with Crippen LogP contribution in [0.4, 0.5) is 5.69 Å². The lowest BCUT2D eigenvalue weighted by atomic mass is 9.96. The Morgan fingerprint density at radius 1 is 1.20 bits per heavy atom. The second-order valence-electron chi connectivity index (χ2n) is 9.43. The van der Waals surface area contributed by atoms with Crippen molar-refractivity contribution in [3.05, 3.63) is 51.8 Å². The Kier molecular flexibility index (Phi) is 6.34. The minimum Gasteiger partial charge on any atom is -0.364 e. The summed E-state index contributed by atoms with van der Waals surface area (Å²) in [4.78, 5) is 17.9. The van der Waals surface area contributed by atoms with E-state index in [1.165, 1.54) is 22.5 Å². The van der Waals surface area contributed by atoms with E-state index in [2.05, 4.69) is 64.6 Å². The van der Waals surface area contributed by atoms with Crippen LogP contribution in [0, 0.1) is 11.3 Å². The predicted octanol–water partition coefficient (Wildman–Crippen LogP) is 4.31. The van der Waals surface area contributed by atoms with Crippen LogP contribution in [0.25, 0.3) is 21.9 Å². The van der Waals surface area contributed by atoms with Crippen LogP contribution >= 0.6 is 11.5 Å². The summed E-state index contributed by atoms with van der Waals surface area (Å²) in [5.41, 5.74) is 4.74. The monoisotopic (exact) mass is 489 g/mol. The average molecular weight is 490 g/mol. The van der Waals surface area contributed by atoms with Crippen molar-refractivity contribution in [1.82, 2.24) is 23.6 Å². The fourth-order valence-corrected chi connectivity index (χ4v) is 6.04. The van der Waals surface area contributed by atoms with Gasteiger partial charge in [0.25, 0.3) is 5.56 Å². The molecule has 0 aliphatic carbocycles. The van der Waals surface area contributed by atoms with E-state index in [4.69, 9.17) is 10.4 Å². The molecule has 0 bridgehead atoms. The van der Waals surface area contributed by atoms with Gasteiger partial charge in [-0.3, -0.25) is 14.4 Å². The summed E-state index contributed by atoms with van der Waals surface area (Å²) in [6.07, 6.45) is 3.77. The molecule has 0 amide bonds. The number of aryl methyl sites for hydroxylation is 1. The molecule has 3 atom stereocenters. The van der Waals surface area contributed by atoms with Crippen LogP contribution in [0.5, 0.6) is 0 Å². The van der Waals surface area contributed by atoms with Gasteiger partial charge < -0.3 is 9.47 Å². The lowest BCUT2D eigenvalue weighted by Gasteiger charge is -2.49. The molecule has 1 saturated heterocycles. The number of benzene rings is 1. The van der Waals surface area contributed by atoms with E-state index in [-0.39, 0.29) is 24.2 Å². The third-order valence-electron chi connectivity index (χ3n) is 7.52. The number of pyridine rings is 1. The zero-order valence-corrected chi connectivity index (χ0v) is 21.5. The van der Waals surface area contributed by atoms with E-state index in [0.29, 0.717) is 6.04 Å². The molecule has 4 aromatic rings. The number of aromatic nitrogens is 4. The molecule has 1 aromatic carbocycles. The van der Waals surface area contributed by atoms with Crippen LogP contribution in [0.15, 0.2) is 40.6 Å². The van der Waals surface area contributed by atoms with Gasteiger partial charge in [-0.2, -0.15) is 14.7 Å². The largest absolute Gasteiger partial charge is 0.364 e. The Bertz CT molecular complexity index is 1460. The van der Waals surface area contributed by atoms with E-state index >= 15 is 0 Å². The summed E-state index contributed by atoms with van der Waals surface area (Å²) in [5, 5.41) is 17.2. The van der Waals surface area contributed by atoms with Gasteiger partial charge in [0.15, 0.2) is 0 Å². The quantitative estimate of drug-likeness (QED) is 0.401. The molecule has 1 aliphatic rings. The van der Waals surface area contributed by atoms with Crippen LogP contribution in [0.2, 0.25) is 0 Å². The van der Waals surface area contributed by atoms with Gasteiger partial charge in [-0.1, -0.05) is 19.9 Å². The first-order valence-electron chi connectivity index (χ1n) is 12.3. The van der Waals surface area contributed by atoms with Gasteiger partial charge >= 0.3 is 0 Å². The minimum atomic E-state index is -0.0552. The number of fused-ring (bicyclic) bond motifs is 2. The van der Waals surface area contributed by atoms with Crippen molar-refractivity contribution in [3.63, 3.8) is 0 Å². The van der Waals surface area contributed by atoms with Crippen LogP contribution in [-0.4, -0.2) is 48.8 Å². The normalized spacial score (nSPS) is 19.9. The predicted molar refractivity (Wildman–Crippen MR) is 141 cm³/mol. The first-order chi connectivity index (χ1) is 16.9. The Morgan fingerprint density at radius 3 is 2.74 bits per heavy atom. The fraction of sp³-hybridized carbons (Fsp3) is 0.462. The van der Waals surface area contributed by atoms with E-state index in [1.54, 1.807) is 28.6 Å². The highest BCUT2D eigenvalue weighted by molar-refractivity contribution is 7.04. The second-order valence-corrected chi connectivity index (χ2v) is 10.1. The van der Waals surface area contributed by atoms with E-state index in [1.807, 2.05) is 0 Å². The molecular formula is C26H31N7OS. The summed E-state index contributed by atoms with van der Waals surface area (Å²) in [7, 11) is 1.76. The number of rotatable bonds is 6. The van der Waals surface area contributed by atoms with E-state index < -0.39 is 0 Å². The Morgan fingerprint density at radius 2 is 2.00 bits per heavy atom. The fourth-order valence-electron chi connectivity index (χ4n) is 5.41. The Hall–Kier alpha value is -3.22. The van der Waals surface area contributed by atoms with Gasteiger partial charge in [-0.25, -0.2) is 0 Å². The molecule has 0 spiro atoms. The standard InChI is InChI=1S/C26H31N7OS/c1-5-20-14-33(23-12-25(34)30(4)24-15-31(10-9-27)28-26(23)24)21(6-2)13-32(20)17(3)18-7-8-22-19(11-18)16-35-29-22/h7-8,11-12,15-17,20-21H,5-6,10,13-14H2,1-4H3/t17?,20-,21+/m1/s1. The Labute approximate surface area is 209 Å². The van der Waals surface area contributed by atoms with Crippen LogP contribution < -0.4 is 10.5 Å². The highest BCUT2D eigenvalue weighted by Gasteiger charge is 2.36. The van der Waals surface area contributed by atoms with Gasteiger partial charge in [-0.15, -0.1) is 0 Å². The highest BCUT2D eigenvalue weighted by Crippen LogP contribution is 2.35. The highest BCUT2D eigenvalue weighted by atomic mass is 32.1. The molecule has 8 nitrogen and oxygen atoms in total. The number of anilines is 1. The molecule has 0 saturated carbocycles. The number of nitrogens with zero attached hydrogens (tertiary/aromatic N) is 7. The molecule has 1 fully saturated rings. The summed E-state index contributed by atoms with van der Waals surface area (Å²) in [6, 6.07) is 11.3. The van der Waals surface area contributed by atoms with Crippen molar-refractivity contribution in [2.75, 3.05) is 18.0 Å². The molecule has 0 N–H and O–H groups in total. The molecule has 182 valence electrons. The van der Waals surface area contributed by atoms with Crippen LogP contribution in [-0.2, 0) is 13.6 Å². The molecular weight excluding hydrogens is 458 g/mol. The molecule has 35 heavy (non-hydrogen) atoms. The maximum absolute atomic E-state index is 12.9. The third kappa shape index (κ3) is 4.11. The van der Waals surface area contributed by atoms with Crippen molar-refractivity contribution in [2.45, 2.75) is 58.3 Å². The molecule has 9 heteroatoms. The number of hydrogen-bond donors (Lipinski definition) is 0. The minimum absolute atomic E-state index is 0.0552. The van der Waals surface area contributed by atoms with Crippen molar-refractivity contribution >= 4 is 39.2 Å². The second kappa shape index (κ2) is 9.44. The van der Waals surface area contributed by atoms with Gasteiger partial charge in [-0.05, 0) is 49.0 Å². The van der Waals surface area contributed by atoms with E-state index in [0.717, 1.165) is 48.2 Å². The number of hydrogen-bond acceptors (Lipinski definition) is 7. The zero-order chi connectivity index (χ0) is 24.7. The lowest BCUT2D eigenvalue weighted by Crippen LogP contribution is -2.58. The van der Waals surface area contributed by atoms with Crippen LogP contribution in [0.1, 0.15) is 45.2 Å². The number of piperazine rings is 1. The first-order valence-corrected chi connectivity index (χ1v) is 13.1. The van der Waals surface area contributed by atoms with Gasteiger partial charge in [0.2, 0.25) is 0 Å². The SMILES string of the molecule is CC[C@H]1CN(C(C)c2ccc3nscc3c2)[C@H](CC)CN1c1cc(=O)n(C)c2cn(CC#N)nc12. The summed E-state index contributed by atoms with van der Waals surface area (Å²) < 4.78 is 7.69.